The molecule has 0 bridgehead atoms. The van der Waals surface area contributed by atoms with Gasteiger partial charge in [0.15, 0.2) is 0 Å². The summed E-state index contributed by atoms with van der Waals surface area (Å²) >= 11 is 0. The SMILES string of the molecule is CCc1ccccc1C(c1ccccc1)(c1ccccc1CC)N1CCCCC1. The maximum Gasteiger partial charge on any atom is 0.0978 e. The molecule has 0 spiro atoms. The van der Waals surface area contributed by atoms with Gasteiger partial charge in [0.25, 0.3) is 0 Å². The van der Waals surface area contributed by atoms with Gasteiger partial charge in [0.05, 0.1) is 5.54 Å². The molecule has 0 unspecified atom stereocenters. The molecule has 150 valence electrons. The van der Waals surface area contributed by atoms with Crippen LogP contribution in [0.1, 0.15) is 60.9 Å². The summed E-state index contributed by atoms with van der Waals surface area (Å²) in [6, 6.07) is 29.5. The highest BCUT2D eigenvalue weighted by molar-refractivity contribution is 5.55. The summed E-state index contributed by atoms with van der Waals surface area (Å²) in [6.45, 7) is 6.86. The van der Waals surface area contributed by atoms with Crippen molar-refractivity contribution in [3.8, 4) is 0 Å². The lowest BCUT2D eigenvalue weighted by atomic mass is 9.71. The van der Waals surface area contributed by atoms with Crippen molar-refractivity contribution in [1.29, 1.82) is 0 Å². The van der Waals surface area contributed by atoms with Crippen LogP contribution in [0.3, 0.4) is 0 Å². The van der Waals surface area contributed by atoms with Gasteiger partial charge >= 0.3 is 0 Å². The maximum atomic E-state index is 2.77. The van der Waals surface area contributed by atoms with E-state index in [1.807, 2.05) is 0 Å². The van der Waals surface area contributed by atoms with Gasteiger partial charge in [-0.3, -0.25) is 4.90 Å². The fraction of sp³-hybridized carbons (Fsp3) is 0.357. The minimum atomic E-state index is -0.235. The number of nitrogens with zero attached hydrogens (tertiary/aromatic N) is 1. The van der Waals surface area contributed by atoms with Gasteiger partial charge in [-0.05, 0) is 66.6 Å². The molecule has 1 saturated heterocycles. The largest absolute Gasteiger partial charge is 0.286 e. The number of benzene rings is 3. The second-order valence-corrected chi connectivity index (χ2v) is 8.15. The molecule has 1 aliphatic rings. The number of likely N-dealkylation sites (tertiary alicyclic amines) is 1. The fourth-order valence-electron chi connectivity index (χ4n) is 5.25. The van der Waals surface area contributed by atoms with Crippen molar-refractivity contribution < 1.29 is 0 Å². The van der Waals surface area contributed by atoms with Gasteiger partial charge in [0, 0.05) is 0 Å². The van der Waals surface area contributed by atoms with E-state index >= 15 is 0 Å². The molecule has 29 heavy (non-hydrogen) atoms. The van der Waals surface area contributed by atoms with Crippen LogP contribution in [0, 0.1) is 0 Å². The molecule has 0 atom stereocenters. The van der Waals surface area contributed by atoms with Gasteiger partial charge < -0.3 is 0 Å². The highest BCUT2D eigenvalue weighted by Gasteiger charge is 2.44. The lowest BCUT2D eigenvalue weighted by Gasteiger charge is -2.49. The third-order valence-corrected chi connectivity index (χ3v) is 6.60. The summed E-state index contributed by atoms with van der Waals surface area (Å²) < 4.78 is 0. The minimum Gasteiger partial charge on any atom is -0.286 e. The zero-order chi connectivity index (χ0) is 20.1. The molecular formula is C28H33N. The van der Waals surface area contributed by atoms with Crippen molar-refractivity contribution in [1.82, 2.24) is 4.90 Å². The first-order valence-corrected chi connectivity index (χ1v) is 11.3. The molecule has 1 heterocycles. The predicted molar refractivity (Wildman–Crippen MR) is 123 cm³/mol. The molecule has 1 fully saturated rings. The Morgan fingerprint density at radius 1 is 0.621 bits per heavy atom. The van der Waals surface area contributed by atoms with Gasteiger partial charge in [-0.2, -0.15) is 0 Å². The van der Waals surface area contributed by atoms with Crippen molar-refractivity contribution in [3.05, 3.63) is 107 Å². The van der Waals surface area contributed by atoms with E-state index in [0.29, 0.717) is 0 Å². The molecular weight excluding hydrogens is 350 g/mol. The highest BCUT2D eigenvalue weighted by atomic mass is 15.2. The Morgan fingerprint density at radius 3 is 1.62 bits per heavy atom. The summed E-state index contributed by atoms with van der Waals surface area (Å²) in [6.07, 6.45) is 5.99. The first-order valence-electron chi connectivity index (χ1n) is 11.3. The lowest BCUT2D eigenvalue weighted by Crippen LogP contribution is -2.51. The quantitative estimate of drug-likeness (QED) is 0.434. The number of aryl methyl sites for hydroxylation is 2. The van der Waals surface area contributed by atoms with Crippen LogP contribution in [0.4, 0.5) is 0 Å². The summed E-state index contributed by atoms with van der Waals surface area (Å²) in [5, 5.41) is 0. The van der Waals surface area contributed by atoms with Gasteiger partial charge in [-0.1, -0.05) is 99.1 Å². The molecule has 0 N–H and O–H groups in total. The first kappa shape index (κ1) is 19.9. The van der Waals surface area contributed by atoms with Gasteiger partial charge in [-0.15, -0.1) is 0 Å². The molecule has 0 radical (unpaired) electrons. The van der Waals surface area contributed by atoms with Crippen molar-refractivity contribution in [2.24, 2.45) is 0 Å². The molecule has 1 aliphatic heterocycles. The normalized spacial score (nSPS) is 15.4. The monoisotopic (exact) mass is 383 g/mol. The van der Waals surface area contributed by atoms with Gasteiger partial charge in [0.2, 0.25) is 0 Å². The second-order valence-electron chi connectivity index (χ2n) is 8.15. The van der Waals surface area contributed by atoms with E-state index in [1.165, 1.54) is 47.1 Å². The molecule has 3 aromatic rings. The van der Waals surface area contributed by atoms with E-state index in [9.17, 15) is 0 Å². The fourth-order valence-corrected chi connectivity index (χ4v) is 5.25. The van der Waals surface area contributed by atoms with E-state index in [2.05, 4.69) is 97.6 Å². The third-order valence-electron chi connectivity index (χ3n) is 6.60. The van der Waals surface area contributed by atoms with Crippen LogP contribution in [0.5, 0.6) is 0 Å². The second kappa shape index (κ2) is 8.97. The van der Waals surface area contributed by atoms with Crippen molar-refractivity contribution >= 4 is 0 Å². The Bertz CT molecular complexity index is 874. The minimum absolute atomic E-state index is 0.235. The smallest absolute Gasteiger partial charge is 0.0978 e. The molecule has 0 saturated carbocycles. The Morgan fingerprint density at radius 2 is 1.10 bits per heavy atom. The summed E-state index contributed by atoms with van der Waals surface area (Å²) in [7, 11) is 0. The average molecular weight is 384 g/mol. The molecule has 1 heteroatoms. The van der Waals surface area contributed by atoms with Crippen molar-refractivity contribution in [3.63, 3.8) is 0 Å². The van der Waals surface area contributed by atoms with E-state index in [1.54, 1.807) is 0 Å². The zero-order valence-corrected chi connectivity index (χ0v) is 17.9. The molecule has 0 amide bonds. The van der Waals surface area contributed by atoms with Crippen molar-refractivity contribution in [2.45, 2.75) is 51.5 Å². The number of hydrogen-bond acceptors (Lipinski definition) is 1. The molecule has 3 aromatic carbocycles. The van der Waals surface area contributed by atoms with E-state index < -0.39 is 0 Å². The van der Waals surface area contributed by atoms with E-state index in [4.69, 9.17) is 0 Å². The van der Waals surface area contributed by atoms with Crippen LogP contribution in [0.15, 0.2) is 78.9 Å². The van der Waals surface area contributed by atoms with E-state index in [0.717, 1.165) is 25.9 Å². The molecule has 0 aliphatic carbocycles. The van der Waals surface area contributed by atoms with Crippen LogP contribution < -0.4 is 0 Å². The van der Waals surface area contributed by atoms with Crippen molar-refractivity contribution in [2.75, 3.05) is 13.1 Å². The Hall–Kier alpha value is -2.38. The third kappa shape index (κ3) is 3.53. The Balaban J connectivity index is 2.11. The molecule has 0 aromatic heterocycles. The van der Waals surface area contributed by atoms with Gasteiger partial charge in [-0.25, -0.2) is 0 Å². The molecule has 1 nitrogen and oxygen atoms in total. The molecule has 4 rings (SSSR count). The number of piperidine rings is 1. The maximum absolute atomic E-state index is 2.77. The average Bonchev–Trinajstić information content (AvgIpc) is 2.82. The summed E-state index contributed by atoms with van der Waals surface area (Å²) in [5.41, 5.74) is 6.97. The van der Waals surface area contributed by atoms with Gasteiger partial charge in [0.1, 0.15) is 0 Å². The Kier molecular flexibility index (Phi) is 6.16. The first-order chi connectivity index (χ1) is 14.3. The van der Waals surface area contributed by atoms with E-state index in [-0.39, 0.29) is 5.54 Å². The summed E-state index contributed by atoms with van der Waals surface area (Å²) in [4.78, 5) is 2.77. The summed E-state index contributed by atoms with van der Waals surface area (Å²) in [5.74, 6) is 0. The topological polar surface area (TPSA) is 3.24 Å². The van der Waals surface area contributed by atoms with Crippen LogP contribution in [-0.4, -0.2) is 18.0 Å². The number of rotatable bonds is 6. The predicted octanol–water partition coefficient (Wildman–Crippen LogP) is 6.59. The standard InChI is InChI=1S/C28H33N/c1-3-23-15-9-11-19-26(23)28(25-17-7-5-8-18-25,29-21-13-6-14-22-29)27-20-12-10-16-24(27)4-2/h5,7-12,15-20H,3-4,6,13-14,21-22H2,1-2H3. The Labute approximate surface area is 176 Å². The number of hydrogen-bond donors (Lipinski definition) is 0. The van der Waals surface area contributed by atoms with Crippen LogP contribution in [0.25, 0.3) is 0 Å². The van der Waals surface area contributed by atoms with Crippen LogP contribution in [-0.2, 0) is 18.4 Å². The highest BCUT2D eigenvalue weighted by Crippen LogP contribution is 2.46. The van der Waals surface area contributed by atoms with Crippen LogP contribution >= 0.6 is 0 Å². The zero-order valence-electron chi connectivity index (χ0n) is 17.9. The lowest BCUT2D eigenvalue weighted by molar-refractivity contribution is 0.126. The van der Waals surface area contributed by atoms with Crippen LogP contribution in [0.2, 0.25) is 0 Å².